The van der Waals surface area contributed by atoms with Gasteiger partial charge in [-0.25, -0.2) is 0 Å². The molecule has 0 aliphatic carbocycles. The third-order valence-electron chi connectivity index (χ3n) is 3.12. The fraction of sp³-hybridized carbons (Fsp3) is 0.188. The average molecular weight is 254 g/mol. The van der Waals surface area contributed by atoms with Crippen molar-refractivity contribution in [3.05, 3.63) is 65.2 Å². The molecule has 1 amide bonds. The number of nitrogen functional groups attached to an aromatic ring is 1. The molecule has 98 valence electrons. The highest BCUT2D eigenvalue weighted by Gasteiger charge is 2.13. The van der Waals surface area contributed by atoms with Gasteiger partial charge in [0.15, 0.2) is 0 Å². The van der Waals surface area contributed by atoms with E-state index in [4.69, 9.17) is 5.73 Å². The van der Waals surface area contributed by atoms with Gasteiger partial charge in [0.25, 0.3) is 5.91 Å². The van der Waals surface area contributed by atoms with Crippen LogP contribution in [0.3, 0.4) is 0 Å². The number of nitrogens with two attached hydrogens (primary N) is 1. The Labute approximate surface area is 113 Å². The van der Waals surface area contributed by atoms with Crippen molar-refractivity contribution in [3.63, 3.8) is 0 Å². The van der Waals surface area contributed by atoms with Crippen LogP contribution in [0.2, 0.25) is 0 Å². The molecule has 0 spiro atoms. The van der Waals surface area contributed by atoms with Gasteiger partial charge in [0.2, 0.25) is 0 Å². The summed E-state index contributed by atoms with van der Waals surface area (Å²) in [5.74, 6) is 0.0370. The van der Waals surface area contributed by atoms with Gasteiger partial charge in [-0.05, 0) is 36.2 Å². The van der Waals surface area contributed by atoms with Crippen molar-refractivity contribution >= 4 is 11.6 Å². The van der Waals surface area contributed by atoms with Crippen molar-refractivity contribution in [2.75, 3.05) is 12.8 Å². The van der Waals surface area contributed by atoms with Gasteiger partial charge in [-0.1, -0.05) is 30.3 Å². The summed E-state index contributed by atoms with van der Waals surface area (Å²) in [4.78, 5) is 14.1. The van der Waals surface area contributed by atoms with Gasteiger partial charge in [0.05, 0.1) is 0 Å². The lowest BCUT2D eigenvalue weighted by Gasteiger charge is -2.18. The van der Waals surface area contributed by atoms with Crippen LogP contribution in [0.25, 0.3) is 0 Å². The van der Waals surface area contributed by atoms with Crippen LogP contribution in [0.1, 0.15) is 21.5 Å². The highest BCUT2D eigenvalue weighted by Crippen LogP contribution is 2.13. The Morgan fingerprint density at radius 2 is 1.74 bits per heavy atom. The van der Waals surface area contributed by atoms with Crippen molar-refractivity contribution in [3.8, 4) is 0 Å². The zero-order chi connectivity index (χ0) is 13.8. The second-order valence-corrected chi connectivity index (χ2v) is 4.72. The SMILES string of the molecule is Cc1ccccc1C(=O)N(C)Cc1ccc(N)cc1. The van der Waals surface area contributed by atoms with Gasteiger partial charge >= 0.3 is 0 Å². The molecule has 0 heterocycles. The summed E-state index contributed by atoms with van der Waals surface area (Å²) in [5.41, 5.74) is 9.20. The number of nitrogens with zero attached hydrogens (tertiary/aromatic N) is 1. The van der Waals surface area contributed by atoms with Crippen LogP contribution in [0.5, 0.6) is 0 Å². The van der Waals surface area contributed by atoms with Crippen LogP contribution < -0.4 is 5.73 Å². The van der Waals surface area contributed by atoms with Crippen molar-refractivity contribution in [1.29, 1.82) is 0 Å². The van der Waals surface area contributed by atoms with Gasteiger partial charge in [-0.3, -0.25) is 4.79 Å². The first kappa shape index (κ1) is 13.1. The summed E-state index contributed by atoms with van der Waals surface area (Å²) >= 11 is 0. The van der Waals surface area contributed by atoms with E-state index >= 15 is 0 Å². The molecule has 0 saturated heterocycles. The topological polar surface area (TPSA) is 46.3 Å². The lowest BCUT2D eigenvalue weighted by Crippen LogP contribution is -2.26. The predicted octanol–water partition coefficient (Wildman–Crippen LogP) is 2.85. The Morgan fingerprint density at radius 1 is 1.11 bits per heavy atom. The summed E-state index contributed by atoms with van der Waals surface area (Å²) in [6, 6.07) is 15.2. The standard InChI is InChI=1S/C16H18N2O/c1-12-5-3-4-6-15(12)16(19)18(2)11-13-7-9-14(17)10-8-13/h3-10H,11,17H2,1-2H3. The van der Waals surface area contributed by atoms with Gasteiger partial charge < -0.3 is 10.6 Å². The minimum absolute atomic E-state index is 0.0370. The highest BCUT2D eigenvalue weighted by molar-refractivity contribution is 5.95. The van der Waals surface area contributed by atoms with Gasteiger partial charge in [-0.2, -0.15) is 0 Å². The second-order valence-electron chi connectivity index (χ2n) is 4.72. The lowest BCUT2D eigenvalue weighted by atomic mass is 10.1. The van der Waals surface area contributed by atoms with Crippen LogP contribution in [0.15, 0.2) is 48.5 Å². The van der Waals surface area contributed by atoms with Gasteiger partial charge in [0, 0.05) is 24.8 Å². The Hall–Kier alpha value is -2.29. The maximum atomic E-state index is 12.3. The third-order valence-corrected chi connectivity index (χ3v) is 3.12. The van der Waals surface area contributed by atoms with Crippen LogP contribution in [0.4, 0.5) is 5.69 Å². The molecule has 19 heavy (non-hydrogen) atoms. The summed E-state index contributed by atoms with van der Waals surface area (Å²) in [6.07, 6.45) is 0. The first-order valence-corrected chi connectivity index (χ1v) is 6.23. The Bertz CT molecular complexity index is 576. The quantitative estimate of drug-likeness (QED) is 0.856. The molecule has 0 aliphatic heterocycles. The molecule has 0 bridgehead atoms. The molecule has 0 fully saturated rings. The first-order valence-electron chi connectivity index (χ1n) is 6.23. The largest absolute Gasteiger partial charge is 0.399 e. The minimum atomic E-state index is 0.0370. The van der Waals surface area contributed by atoms with E-state index in [1.165, 1.54) is 0 Å². The van der Waals surface area contributed by atoms with E-state index < -0.39 is 0 Å². The molecule has 2 rings (SSSR count). The van der Waals surface area contributed by atoms with Crippen molar-refractivity contribution in [2.24, 2.45) is 0 Å². The van der Waals surface area contributed by atoms with Crippen molar-refractivity contribution in [1.82, 2.24) is 4.90 Å². The Morgan fingerprint density at radius 3 is 2.37 bits per heavy atom. The van der Waals surface area contributed by atoms with Gasteiger partial charge in [0.1, 0.15) is 0 Å². The van der Waals surface area contributed by atoms with E-state index in [1.54, 1.807) is 4.90 Å². The molecular weight excluding hydrogens is 236 g/mol. The van der Waals surface area contributed by atoms with Crippen LogP contribution in [0, 0.1) is 6.92 Å². The fourth-order valence-electron chi connectivity index (χ4n) is 1.99. The molecule has 3 nitrogen and oxygen atoms in total. The van der Waals surface area contributed by atoms with Crippen LogP contribution in [-0.4, -0.2) is 17.9 Å². The number of aryl methyl sites for hydroxylation is 1. The third kappa shape index (κ3) is 3.13. The highest BCUT2D eigenvalue weighted by atomic mass is 16.2. The number of carbonyl (C=O) groups is 1. The molecule has 2 aromatic carbocycles. The summed E-state index contributed by atoms with van der Waals surface area (Å²) in [5, 5.41) is 0. The molecule has 0 unspecified atom stereocenters. The molecule has 0 radical (unpaired) electrons. The molecule has 0 atom stereocenters. The monoisotopic (exact) mass is 254 g/mol. The van der Waals surface area contributed by atoms with E-state index in [-0.39, 0.29) is 5.91 Å². The normalized spacial score (nSPS) is 10.2. The van der Waals surface area contributed by atoms with Crippen LogP contribution in [-0.2, 0) is 6.54 Å². The fourth-order valence-corrected chi connectivity index (χ4v) is 1.99. The van der Waals surface area contributed by atoms with Gasteiger partial charge in [-0.15, -0.1) is 0 Å². The number of carbonyl (C=O) groups excluding carboxylic acids is 1. The number of benzene rings is 2. The molecule has 3 heteroatoms. The smallest absolute Gasteiger partial charge is 0.254 e. The molecule has 0 aliphatic rings. The average Bonchev–Trinajstić information content (AvgIpc) is 2.41. The maximum absolute atomic E-state index is 12.3. The molecule has 0 saturated carbocycles. The maximum Gasteiger partial charge on any atom is 0.254 e. The van der Waals surface area contributed by atoms with E-state index in [1.807, 2.05) is 62.5 Å². The summed E-state index contributed by atoms with van der Waals surface area (Å²) in [7, 11) is 1.81. The number of hydrogen-bond acceptors (Lipinski definition) is 2. The molecule has 2 aromatic rings. The predicted molar refractivity (Wildman–Crippen MR) is 77.8 cm³/mol. The summed E-state index contributed by atoms with van der Waals surface area (Å²) in [6.45, 7) is 2.53. The zero-order valence-electron chi connectivity index (χ0n) is 11.3. The van der Waals surface area contributed by atoms with E-state index in [2.05, 4.69) is 0 Å². The Kier molecular flexibility index (Phi) is 3.85. The lowest BCUT2D eigenvalue weighted by molar-refractivity contribution is 0.0784. The number of hydrogen-bond donors (Lipinski definition) is 1. The molecular formula is C16H18N2O. The van der Waals surface area contributed by atoms with E-state index in [0.29, 0.717) is 6.54 Å². The zero-order valence-corrected chi connectivity index (χ0v) is 11.3. The first-order chi connectivity index (χ1) is 9.08. The molecule has 0 aromatic heterocycles. The second kappa shape index (κ2) is 5.57. The number of amides is 1. The van der Waals surface area contributed by atoms with E-state index in [9.17, 15) is 4.79 Å². The van der Waals surface area contributed by atoms with E-state index in [0.717, 1.165) is 22.4 Å². The van der Waals surface area contributed by atoms with Crippen molar-refractivity contribution < 1.29 is 4.79 Å². The number of rotatable bonds is 3. The molecule has 2 N–H and O–H groups in total. The number of anilines is 1. The summed E-state index contributed by atoms with van der Waals surface area (Å²) < 4.78 is 0. The minimum Gasteiger partial charge on any atom is -0.399 e. The Balaban J connectivity index is 2.12. The van der Waals surface area contributed by atoms with Crippen molar-refractivity contribution in [2.45, 2.75) is 13.5 Å². The van der Waals surface area contributed by atoms with Crippen LogP contribution >= 0.6 is 0 Å².